The van der Waals surface area contributed by atoms with Crippen LogP contribution in [0.3, 0.4) is 0 Å². The van der Waals surface area contributed by atoms with Crippen LogP contribution < -0.4 is 0 Å². The average Bonchev–Trinajstić information content (AvgIpc) is 0.754. The number of carbonyl (C=O) groups excluding carboxylic acids is 4. The van der Waals surface area contributed by atoms with E-state index in [1.807, 2.05) is 0 Å². The Bertz CT molecular complexity index is 2410. The lowest BCUT2D eigenvalue weighted by atomic mass is 9.84. The zero-order chi connectivity index (χ0) is 82.5. The third-order valence-corrected chi connectivity index (χ3v) is 23.3. The first kappa shape index (κ1) is 104. The Morgan fingerprint density at radius 2 is 0.664 bits per heavy atom. The smallest absolute Gasteiger partial charge is 0.463 e. The summed E-state index contributed by atoms with van der Waals surface area (Å²) in [7, 11) is -5.80. The van der Waals surface area contributed by atoms with Crippen LogP contribution in [0.5, 0.6) is 0 Å². The Labute approximate surface area is 680 Å². The van der Waals surface area contributed by atoms with Crippen LogP contribution in [-0.4, -0.2) is 205 Å². The van der Waals surface area contributed by atoms with Gasteiger partial charge in [-0.25, -0.2) is 4.57 Å². The summed E-state index contributed by atoms with van der Waals surface area (Å²) < 4.78 is 73.3. The molecule has 0 spiro atoms. The molecule has 18 atom stereocenters. The second-order valence-electron chi connectivity index (χ2n) is 32.5. The van der Waals surface area contributed by atoms with Gasteiger partial charge in [-0.05, 0) is 51.4 Å². The van der Waals surface area contributed by atoms with E-state index in [1.165, 1.54) is 154 Å². The van der Waals surface area contributed by atoms with Crippen LogP contribution in [0, 0.1) is 0 Å². The predicted molar refractivity (Wildman–Crippen MR) is 435 cm³/mol. The normalized spacial score (nSPS) is 25.5. The van der Waals surface area contributed by atoms with Crippen molar-refractivity contribution in [3.8, 4) is 0 Å². The molecule has 2 saturated heterocycles. The van der Waals surface area contributed by atoms with Crippen molar-refractivity contribution in [3.63, 3.8) is 0 Å². The molecule has 1 aliphatic carbocycles. The summed E-state index contributed by atoms with van der Waals surface area (Å²) in [6.07, 6.45) is 23.7. The van der Waals surface area contributed by atoms with Gasteiger partial charge in [-0.2, -0.15) is 0 Å². The summed E-state index contributed by atoms with van der Waals surface area (Å²) in [5.74, 6) is -2.96. The minimum atomic E-state index is -5.80. The molecule has 2 aliphatic heterocycles. The topological polar surface area (TPSA) is 380 Å². The Morgan fingerprint density at radius 1 is 0.345 bits per heavy atom. The highest BCUT2D eigenvalue weighted by Crippen LogP contribution is 2.49. The number of esters is 4. The molecule has 10 N–H and O–H groups in total. The standard InChI is InChI=1S/C87H161O25P/c1-5-9-13-17-21-25-29-33-34-38-42-45-49-53-57-61-72(91)106-67(64-103-70(89)59-55-51-47-43-39-35-30-26-22-18-14-10-6-2)65-105-113(101,102)112-85-83(110-86-80(99)76(95)74(93)68(63-88)107-86)79(98)78(97)82(109-73(92)62-58-54-50-46-41-37-32-28-24-20-16-12-8-4)84(85)111-87-81(100)77(96)75(94)69(108-87)66-104-71(90)60-56-52-48-44-40-36-31-27-23-19-15-11-7-3/h25,29,67-69,74-88,93-100H,5-24,26-28,30-66H2,1-4H3,(H,101,102)/b29-25-. The first-order valence-electron chi connectivity index (χ1n) is 45.4. The van der Waals surface area contributed by atoms with Crippen molar-refractivity contribution in [3.05, 3.63) is 12.2 Å². The van der Waals surface area contributed by atoms with E-state index < -0.39 is 162 Å². The lowest BCUT2D eigenvalue weighted by molar-refractivity contribution is -0.360. The predicted octanol–water partition coefficient (Wildman–Crippen LogP) is 16.0. The van der Waals surface area contributed by atoms with E-state index in [9.17, 15) is 74.6 Å². The van der Waals surface area contributed by atoms with E-state index in [0.717, 1.165) is 141 Å². The Kier molecular flexibility index (Phi) is 61.8. The molecule has 26 heteroatoms. The lowest BCUT2D eigenvalue weighted by Crippen LogP contribution is -2.70. The monoisotopic (exact) mass is 1640 g/mol. The van der Waals surface area contributed by atoms with E-state index >= 15 is 0 Å². The molecule has 0 amide bonds. The van der Waals surface area contributed by atoms with E-state index in [-0.39, 0.29) is 25.7 Å². The van der Waals surface area contributed by atoms with Gasteiger partial charge in [0.25, 0.3) is 0 Å². The number of aliphatic hydroxyl groups is 9. The van der Waals surface area contributed by atoms with Crippen molar-refractivity contribution in [2.45, 2.75) is 491 Å². The van der Waals surface area contributed by atoms with E-state index in [2.05, 4.69) is 39.8 Å². The first-order valence-corrected chi connectivity index (χ1v) is 46.9. The maximum absolute atomic E-state index is 14.9. The molecule has 113 heavy (non-hydrogen) atoms. The maximum atomic E-state index is 14.9. The fourth-order valence-electron chi connectivity index (χ4n) is 15.0. The molecule has 1 saturated carbocycles. The number of ether oxygens (including phenoxy) is 8. The molecule has 2 heterocycles. The lowest BCUT2D eigenvalue weighted by Gasteiger charge is -2.50. The zero-order valence-electron chi connectivity index (χ0n) is 70.4. The van der Waals surface area contributed by atoms with Crippen molar-refractivity contribution < 1.29 is 122 Å². The molecule has 3 rings (SSSR count). The SMILES string of the molecule is CCCCCC/C=C\CCCCCCCCCC(=O)OC(COC(=O)CCCCCCCCCCCCCCC)COP(=O)(O)OC1C(OC2OC(CO)C(O)C(O)C2O)C(O)C(O)C(OC(=O)CCCCCCCCCCCCCCC)C1OC1OC(COC(=O)CCCCCCCCCCCCCCC)C(O)C(O)C1O. The number of carbonyl (C=O) groups is 4. The number of allylic oxidation sites excluding steroid dienone is 2. The van der Waals surface area contributed by atoms with Crippen LogP contribution in [0.25, 0.3) is 0 Å². The fraction of sp³-hybridized carbons (Fsp3) is 0.931. The van der Waals surface area contributed by atoms with Gasteiger partial charge in [0, 0.05) is 25.7 Å². The highest BCUT2D eigenvalue weighted by atomic mass is 31.2. The highest BCUT2D eigenvalue weighted by Gasteiger charge is 2.60. The molecule has 3 aliphatic rings. The molecule has 18 unspecified atom stereocenters. The van der Waals surface area contributed by atoms with Gasteiger partial charge < -0.3 is 88.7 Å². The zero-order valence-corrected chi connectivity index (χ0v) is 71.3. The second kappa shape index (κ2) is 66.9. The molecule has 3 fully saturated rings. The summed E-state index contributed by atoms with van der Waals surface area (Å²) in [5, 5.41) is 102. The quantitative estimate of drug-likeness (QED) is 0.00889. The number of phosphoric ester groups is 1. The van der Waals surface area contributed by atoms with Crippen LogP contribution in [0.1, 0.15) is 387 Å². The van der Waals surface area contributed by atoms with Crippen molar-refractivity contribution >= 4 is 31.7 Å². The third kappa shape index (κ3) is 47.7. The van der Waals surface area contributed by atoms with Crippen molar-refractivity contribution in [2.75, 3.05) is 26.4 Å². The van der Waals surface area contributed by atoms with E-state index in [4.69, 9.17) is 46.9 Å². The van der Waals surface area contributed by atoms with Gasteiger partial charge in [0.2, 0.25) is 0 Å². The Hall–Kier alpha value is -2.79. The summed E-state index contributed by atoms with van der Waals surface area (Å²) >= 11 is 0. The van der Waals surface area contributed by atoms with Crippen LogP contribution >= 0.6 is 7.82 Å². The molecular formula is C87H161O25P. The van der Waals surface area contributed by atoms with Crippen molar-refractivity contribution in [2.24, 2.45) is 0 Å². The summed E-state index contributed by atoms with van der Waals surface area (Å²) in [5.41, 5.74) is 0. The molecular weight excluding hydrogens is 1480 g/mol. The summed E-state index contributed by atoms with van der Waals surface area (Å²) in [6.45, 7) is 5.57. The molecule has 0 aromatic heterocycles. The Balaban J connectivity index is 1.93. The largest absolute Gasteiger partial charge is 0.472 e. The van der Waals surface area contributed by atoms with Gasteiger partial charge in [0.05, 0.1) is 13.2 Å². The van der Waals surface area contributed by atoms with Gasteiger partial charge in [-0.15, -0.1) is 0 Å². The van der Waals surface area contributed by atoms with Gasteiger partial charge in [0.15, 0.2) is 24.8 Å². The van der Waals surface area contributed by atoms with Gasteiger partial charge in [-0.3, -0.25) is 28.2 Å². The fourth-order valence-corrected chi connectivity index (χ4v) is 16.0. The van der Waals surface area contributed by atoms with Gasteiger partial charge >= 0.3 is 31.7 Å². The number of rotatable bonds is 73. The minimum absolute atomic E-state index is 0.0184. The third-order valence-electron chi connectivity index (χ3n) is 22.3. The average molecular weight is 1640 g/mol. The molecule has 0 aromatic carbocycles. The van der Waals surface area contributed by atoms with Crippen molar-refractivity contribution in [1.82, 2.24) is 0 Å². The summed E-state index contributed by atoms with van der Waals surface area (Å²) in [4.78, 5) is 66.3. The molecule has 0 aromatic rings. The number of hydrogen-bond donors (Lipinski definition) is 10. The van der Waals surface area contributed by atoms with Crippen molar-refractivity contribution in [1.29, 1.82) is 0 Å². The number of hydrogen-bond acceptors (Lipinski definition) is 24. The van der Waals surface area contributed by atoms with Crippen LogP contribution in [0.2, 0.25) is 0 Å². The second-order valence-corrected chi connectivity index (χ2v) is 33.9. The molecule has 25 nitrogen and oxygen atoms in total. The highest BCUT2D eigenvalue weighted by molar-refractivity contribution is 7.47. The number of unbranched alkanes of at least 4 members (excludes halogenated alkanes) is 47. The van der Waals surface area contributed by atoms with Crippen LogP contribution in [0.15, 0.2) is 12.2 Å². The van der Waals surface area contributed by atoms with Gasteiger partial charge in [-0.1, -0.05) is 322 Å². The maximum Gasteiger partial charge on any atom is 0.472 e. The summed E-state index contributed by atoms with van der Waals surface area (Å²) in [6, 6.07) is 0. The Morgan fingerprint density at radius 3 is 1.06 bits per heavy atom. The first-order chi connectivity index (χ1) is 54.7. The van der Waals surface area contributed by atoms with Gasteiger partial charge in [0.1, 0.15) is 92.6 Å². The van der Waals surface area contributed by atoms with Crippen LogP contribution in [0.4, 0.5) is 0 Å². The molecule has 0 radical (unpaired) electrons. The van der Waals surface area contributed by atoms with Crippen LogP contribution in [-0.2, 0) is 70.7 Å². The van der Waals surface area contributed by atoms with E-state index in [0.29, 0.717) is 38.5 Å². The number of aliphatic hydroxyl groups excluding tert-OH is 9. The van der Waals surface area contributed by atoms with E-state index in [1.54, 1.807) is 0 Å². The molecule has 0 bridgehead atoms. The number of phosphoric acid groups is 1. The minimum Gasteiger partial charge on any atom is -0.463 e. The molecule has 664 valence electrons.